The Morgan fingerprint density at radius 3 is 3.16 bits per heavy atom. The summed E-state index contributed by atoms with van der Waals surface area (Å²) < 4.78 is 0. The van der Waals surface area contributed by atoms with Gasteiger partial charge in [-0.2, -0.15) is 0 Å². The quantitative estimate of drug-likeness (QED) is 0.891. The number of carbonyl (C=O) groups is 1. The number of piperidine rings is 1. The number of aromatic nitrogens is 1. The van der Waals surface area contributed by atoms with Gasteiger partial charge in [0.25, 0.3) is 0 Å². The Bertz CT molecular complexity index is 435. The molecule has 0 bridgehead atoms. The van der Waals surface area contributed by atoms with Crippen LogP contribution in [0.4, 0.5) is 4.79 Å². The predicted octanol–water partition coefficient (Wildman–Crippen LogP) is 1.93. The number of hydrogen-bond donors (Lipinski definition) is 2. The van der Waals surface area contributed by atoms with Gasteiger partial charge >= 0.3 is 6.03 Å². The maximum atomic E-state index is 12.1. The van der Waals surface area contributed by atoms with Crippen LogP contribution >= 0.6 is 11.3 Å². The monoisotopic (exact) mass is 283 g/mol. The van der Waals surface area contributed by atoms with Gasteiger partial charge in [0.15, 0.2) is 0 Å². The Morgan fingerprint density at radius 2 is 2.53 bits per heavy atom. The average molecular weight is 283 g/mol. The van der Waals surface area contributed by atoms with Crippen molar-refractivity contribution in [2.75, 3.05) is 13.1 Å². The van der Waals surface area contributed by atoms with Crippen LogP contribution in [0.25, 0.3) is 0 Å². The second-order valence-corrected chi connectivity index (χ2v) is 6.08. The van der Waals surface area contributed by atoms with Gasteiger partial charge in [-0.3, -0.25) is 0 Å². The summed E-state index contributed by atoms with van der Waals surface area (Å²) in [4.78, 5) is 19.3. The van der Waals surface area contributed by atoms with Gasteiger partial charge in [0, 0.05) is 24.2 Å². The van der Waals surface area contributed by atoms with Gasteiger partial charge in [-0.05, 0) is 26.2 Å². The second-order valence-electron chi connectivity index (χ2n) is 4.93. The molecule has 106 valence electrons. The number of carbonyl (C=O) groups excluding carboxylic acids is 1. The van der Waals surface area contributed by atoms with Crippen molar-refractivity contribution in [3.05, 3.63) is 16.1 Å². The highest BCUT2D eigenvalue weighted by molar-refractivity contribution is 7.11. The van der Waals surface area contributed by atoms with E-state index in [1.54, 1.807) is 16.2 Å². The molecule has 0 spiro atoms. The minimum absolute atomic E-state index is 0.0862. The predicted molar refractivity (Wildman–Crippen MR) is 75.3 cm³/mol. The van der Waals surface area contributed by atoms with Gasteiger partial charge in [0.1, 0.15) is 5.01 Å². The highest BCUT2D eigenvalue weighted by atomic mass is 32.1. The number of nitrogens with zero attached hydrogens (tertiary/aromatic N) is 2. The molecule has 0 aromatic carbocycles. The molecule has 2 atom stereocenters. The van der Waals surface area contributed by atoms with Crippen LogP contribution in [0.3, 0.4) is 0 Å². The van der Waals surface area contributed by atoms with Crippen molar-refractivity contribution < 1.29 is 9.90 Å². The Hall–Kier alpha value is -1.14. The Kier molecular flexibility index (Phi) is 4.76. The third-order valence-electron chi connectivity index (χ3n) is 3.31. The lowest BCUT2D eigenvalue weighted by atomic mass is 10.1. The number of β-amino-alcohol motifs (C(OH)–C–C–N with tert-alkyl or cyclic N) is 1. The van der Waals surface area contributed by atoms with Crippen LogP contribution in [0.5, 0.6) is 0 Å². The van der Waals surface area contributed by atoms with Gasteiger partial charge in [-0.25, -0.2) is 9.78 Å². The van der Waals surface area contributed by atoms with Crippen molar-refractivity contribution >= 4 is 17.4 Å². The third-order valence-corrected chi connectivity index (χ3v) is 4.64. The van der Waals surface area contributed by atoms with Crippen molar-refractivity contribution in [3.63, 3.8) is 0 Å². The zero-order valence-electron chi connectivity index (χ0n) is 11.4. The number of likely N-dealkylation sites (tertiary alicyclic amines) is 1. The molecule has 19 heavy (non-hydrogen) atoms. The van der Waals surface area contributed by atoms with E-state index >= 15 is 0 Å². The summed E-state index contributed by atoms with van der Waals surface area (Å²) in [6, 6.07) is -0.198. The highest BCUT2D eigenvalue weighted by Crippen LogP contribution is 2.20. The molecule has 1 fully saturated rings. The molecule has 1 saturated heterocycles. The molecule has 2 heterocycles. The van der Waals surface area contributed by atoms with Crippen LogP contribution in [-0.4, -0.2) is 40.2 Å². The number of aliphatic hydroxyl groups is 1. The number of thiazole rings is 1. The first-order chi connectivity index (χ1) is 9.10. The van der Waals surface area contributed by atoms with Crippen LogP contribution in [0.15, 0.2) is 6.20 Å². The van der Waals surface area contributed by atoms with Crippen molar-refractivity contribution in [1.82, 2.24) is 15.2 Å². The average Bonchev–Trinajstić information content (AvgIpc) is 2.87. The number of urea groups is 1. The molecular formula is C13H21N3O2S. The maximum absolute atomic E-state index is 12.1. The Labute approximate surface area is 117 Å². The highest BCUT2D eigenvalue weighted by Gasteiger charge is 2.23. The van der Waals surface area contributed by atoms with Gasteiger partial charge in [-0.15, -0.1) is 11.3 Å². The van der Waals surface area contributed by atoms with Crippen molar-refractivity contribution in [1.29, 1.82) is 0 Å². The zero-order chi connectivity index (χ0) is 13.8. The van der Waals surface area contributed by atoms with Crippen molar-refractivity contribution in [3.8, 4) is 0 Å². The molecule has 2 N–H and O–H groups in total. The lowest BCUT2D eigenvalue weighted by Gasteiger charge is -2.30. The first-order valence-corrected chi connectivity index (χ1v) is 7.60. The summed E-state index contributed by atoms with van der Waals surface area (Å²) in [6.07, 6.45) is 4.09. The smallest absolute Gasteiger partial charge is 0.318 e. The molecule has 0 radical (unpaired) electrons. The third kappa shape index (κ3) is 3.67. The Balaban J connectivity index is 1.90. The van der Waals surface area contributed by atoms with E-state index in [-0.39, 0.29) is 18.2 Å². The molecule has 6 heteroatoms. The van der Waals surface area contributed by atoms with Gasteiger partial charge in [0.05, 0.1) is 12.1 Å². The summed E-state index contributed by atoms with van der Waals surface area (Å²) >= 11 is 1.64. The summed E-state index contributed by atoms with van der Waals surface area (Å²) in [5.74, 6) is 0. The van der Waals surface area contributed by atoms with E-state index in [1.807, 2.05) is 13.1 Å². The van der Waals surface area contributed by atoms with Gasteiger partial charge < -0.3 is 15.3 Å². The minimum Gasteiger partial charge on any atom is -0.391 e. The molecule has 2 amide bonds. The second kappa shape index (κ2) is 6.34. The first kappa shape index (κ1) is 14.3. The van der Waals surface area contributed by atoms with Crippen LogP contribution < -0.4 is 5.32 Å². The maximum Gasteiger partial charge on any atom is 0.318 e. The van der Waals surface area contributed by atoms with E-state index in [1.165, 1.54) is 4.88 Å². The fourth-order valence-corrected chi connectivity index (χ4v) is 3.02. The van der Waals surface area contributed by atoms with E-state index in [4.69, 9.17) is 0 Å². The standard InChI is InChI=1S/C13H21N3O2S/c1-3-11-7-14-12(19-11)9(2)15-13(18)16-6-4-5-10(17)8-16/h7,9-10,17H,3-6,8H2,1-2H3,(H,15,18). The normalized spacial score (nSPS) is 21.2. The molecule has 0 aliphatic carbocycles. The summed E-state index contributed by atoms with van der Waals surface area (Å²) in [6.45, 7) is 5.18. The number of nitrogens with one attached hydrogen (secondary N) is 1. The SMILES string of the molecule is CCc1cnc(C(C)NC(=O)N2CCCC(O)C2)s1. The van der Waals surface area contributed by atoms with Gasteiger partial charge in [0.2, 0.25) is 0 Å². The fraction of sp³-hybridized carbons (Fsp3) is 0.692. The van der Waals surface area contributed by atoms with Crippen LogP contribution in [0, 0.1) is 0 Å². The first-order valence-electron chi connectivity index (χ1n) is 6.78. The number of rotatable bonds is 3. The number of amides is 2. The molecule has 2 unspecified atom stereocenters. The molecule has 1 aliphatic rings. The number of aryl methyl sites for hydroxylation is 1. The minimum atomic E-state index is -0.388. The van der Waals surface area contributed by atoms with E-state index in [9.17, 15) is 9.90 Å². The van der Waals surface area contributed by atoms with Crippen molar-refractivity contribution in [2.24, 2.45) is 0 Å². The van der Waals surface area contributed by atoms with Crippen molar-refractivity contribution in [2.45, 2.75) is 45.3 Å². The Morgan fingerprint density at radius 1 is 1.74 bits per heavy atom. The van der Waals surface area contributed by atoms with E-state index in [0.29, 0.717) is 13.1 Å². The number of aliphatic hydroxyl groups excluding tert-OH is 1. The fourth-order valence-electron chi connectivity index (χ4n) is 2.16. The molecule has 1 aliphatic heterocycles. The van der Waals surface area contributed by atoms with Crippen LogP contribution in [-0.2, 0) is 6.42 Å². The zero-order valence-corrected chi connectivity index (χ0v) is 12.2. The van der Waals surface area contributed by atoms with E-state index < -0.39 is 0 Å². The largest absolute Gasteiger partial charge is 0.391 e. The molecule has 5 nitrogen and oxygen atoms in total. The lowest BCUT2D eigenvalue weighted by molar-refractivity contribution is 0.0835. The van der Waals surface area contributed by atoms with Crippen LogP contribution in [0.2, 0.25) is 0 Å². The van der Waals surface area contributed by atoms with Crippen LogP contribution in [0.1, 0.15) is 42.6 Å². The summed E-state index contributed by atoms with van der Waals surface area (Å²) in [7, 11) is 0. The molecular weight excluding hydrogens is 262 g/mol. The topological polar surface area (TPSA) is 65.5 Å². The molecule has 0 saturated carbocycles. The van der Waals surface area contributed by atoms with E-state index in [0.717, 1.165) is 24.3 Å². The lowest BCUT2D eigenvalue weighted by Crippen LogP contribution is -2.47. The molecule has 2 rings (SSSR count). The molecule has 1 aromatic heterocycles. The number of hydrogen-bond acceptors (Lipinski definition) is 4. The summed E-state index contributed by atoms with van der Waals surface area (Å²) in [5, 5.41) is 13.5. The summed E-state index contributed by atoms with van der Waals surface area (Å²) in [5.41, 5.74) is 0. The van der Waals surface area contributed by atoms with Gasteiger partial charge in [-0.1, -0.05) is 6.92 Å². The van der Waals surface area contributed by atoms with E-state index in [2.05, 4.69) is 17.2 Å². The molecule has 1 aromatic rings.